The number of nitrogens with two attached hydrogens (primary N) is 1. The molecule has 0 bridgehead atoms. The number of amides is 1. The Hall–Kier alpha value is -1.31. The minimum Gasteiger partial charge on any atom is -0.351 e. The quantitative estimate of drug-likeness (QED) is 0.831. The van der Waals surface area contributed by atoms with Gasteiger partial charge in [0.25, 0.3) is 5.91 Å². The molecule has 1 heterocycles. The van der Waals surface area contributed by atoms with Gasteiger partial charge in [-0.25, -0.2) is 0 Å². The van der Waals surface area contributed by atoms with Crippen molar-refractivity contribution in [1.82, 2.24) is 5.32 Å². The highest BCUT2D eigenvalue weighted by molar-refractivity contribution is 7.14. The predicted octanol–water partition coefficient (Wildman–Crippen LogP) is 2.14. The van der Waals surface area contributed by atoms with E-state index in [2.05, 4.69) is 31.0 Å². The van der Waals surface area contributed by atoms with E-state index in [4.69, 9.17) is 5.73 Å². The molecule has 0 radical (unpaired) electrons. The molecule has 1 aromatic rings. The van der Waals surface area contributed by atoms with E-state index in [0.717, 1.165) is 21.9 Å². The molecule has 1 aliphatic carbocycles. The zero-order chi connectivity index (χ0) is 14.0. The third-order valence-corrected chi connectivity index (χ3v) is 4.82. The van der Waals surface area contributed by atoms with Crippen LogP contribution >= 0.6 is 11.3 Å². The lowest BCUT2D eigenvalue weighted by Crippen LogP contribution is -2.25. The first-order valence-corrected chi connectivity index (χ1v) is 7.33. The maximum Gasteiger partial charge on any atom is 0.261 e. The van der Waals surface area contributed by atoms with Gasteiger partial charge in [0.15, 0.2) is 0 Å². The second-order valence-corrected chi connectivity index (χ2v) is 6.78. The number of rotatable bonds is 3. The average Bonchev–Trinajstić information content (AvgIpc) is 2.79. The van der Waals surface area contributed by atoms with Gasteiger partial charge in [-0.1, -0.05) is 25.7 Å². The summed E-state index contributed by atoms with van der Waals surface area (Å²) in [6, 6.07) is 1.90. The van der Waals surface area contributed by atoms with Crippen molar-refractivity contribution in [3.8, 4) is 11.8 Å². The normalized spacial score (nSPS) is 19.5. The van der Waals surface area contributed by atoms with Crippen LogP contribution in [0.3, 0.4) is 0 Å². The lowest BCUT2D eigenvalue weighted by Gasteiger charge is -2.04. The smallest absolute Gasteiger partial charge is 0.261 e. The zero-order valence-electron chi connectivity index (χ0n) is 11.7. The van der Waals surface area contributed by atoms with E-state index >= 15 is 0 Å². The molecule has 1 atom stereocenters. The fraction of sp³-hybridized carbons (Fsp3) is 0.533. The standard InChI is InChI=1S/C15H20N2OS/c1-10-7-13(19-12(10)5-4-6-16)14(18)17-9-11-8-15(11,2)3/h7,11H,6,8-9,16H2,1-3H3,(H,17,18). The number of nitrogens with one attached hydrogen (secondary N) is 1. The summed E-state index contributed by atoms with van der Waals surface area (Å²) >= 11 is 1.44. The van der Waals surface area contributed by atoms with Crippen molar-refractivity contribution in [2.24, 2.45) is 17.1 Å². The van der Waals surface area contributed by atoms with Crippen LogP contribution in [0.5, 0.6) is 0 Å². The summed E-state index contributed by atoms with van der Waals surface area (Å²) in [5, 5.41) is 3.01. The van der Waals surface area contributed by atoms with Crippen molar-refractivity contribution >= 4 is 17.2 Å². The maximum atomic E-state index is 12.1. The second kappa shape index (κ2) is 5.36. The van der Waals surface area contributed by atoms with Crippen LogP contribution in [0.25, 0.3) is 0 Å². The van der Waals surface area contributed by atoms with Crippen molar-refractivity contribution in [3.05, 3.63) is 21.4 Å². The van der Waals surface area contributed by atoms with Crippen molar-refractivity contribution in [2.45, 2.75) is 27.2 Å². The highest BCUT2D eigenvalue weighted by atomic mass is 32.1. The summed E-state index contributed by atoms with van der Waals surface area (Å²) in [4.78, 5) is 13.7. The van der Waals surface area contributed by atoms with Gasteiger partial charge in [-0.3, -0.25) is 4.79 Å². The predicted molar refractivity (Wildman–Crippen MR) is 79.2 cm³/mol. The number of carbonyl (C=O) groups excluding carboxylic acids is 1. The maximum absolute atomic E-state index is 12.1. The molecule has 4 heteroatoms. The highest BCUT2D eigenvalue weighted by Gasteiger charge is 2.45. The van der Waals surface area contributed by atoms with Gasteiger partial charge >= 0.3 is 0 Å². The molecule has 1 amide bonds. The largest absolute Gasteiger partial charge is 0.351 e. The molecule has 0 spiro atoms. The SMILES string of the molecule is Cc1cc(C(=O)NCC2CC2(C)C)sc1C#CCN. The molecule has 3 nitrogen and oxygen atoms in total. The first-order valence-electron chi connectivity index (χ1n) is 6.51. The Labute approximate surface area is 118 Å². The van der Waals surface area contributed by atoms with Gasteiger partial charge in [0.2, 0.25) is 0 Å². The summed E-state index contributed by atoms with van der Waals surface area (Å²) in [5.74, 6) is 6.46. The van der Waals surface area contributed by atoms with Gasteiger partial charge in [0.1, 0.15) is 0 Å². The Morgan fingerprint density at radius 1 is 1.63 bits per heavy atom. The van der Waals surface area contributed by atoms with E-state index in [0.29, 0.717) is 17.9 Å². The number of hydrogen-bond acceptors (Lipinski definition) is 3. The van der Waals surface area contributed by atoms with E-state index in [-0.39, 0.29) is 5.91 Å². The Kier molecular flexibility index (Phi) is 3.98. The van der Waals surface area contributed by atoms with E-state index in [9.17, 15) is 4.79 Å². The molecule has 3 N–H and O–H groups in total. The summed E-state index contributed by atoms with van der Waals surface area (Å²) < 4.78 is 0. The van der Waals surface area contributed by atoms with Crippen LogP contribution in [-0.4, -0.2) is 19.0 Å². The van der Waals surface area contributed by atoms with Crippen LogP contribution < -0.4 is 11.1 Å². The van der Waals surface area contributed by atoms with E-state index in [1.165, 1.54) is 17.8 Å². The third kappa shape index (κ3) is 3.37. The number of thiophene rings is 1. The molecule has 1 unspecified atom stereocenters. The molecule has 1 aliphatic rings. The Bertz CT molecular complexity index is 548. The average molecular weight is 276 g/mol. The van der Waals surface area contributed by atoms with Crippen molar-refractivity contribution in [3.63, 3.8) is 0 Å². The van der Waals surface area contributed by atoms with Crippen LogP contribution in [-0.2, 0) is 0 Å². The minimum atomic E-state index is 0.0107. The summed E-state index contributed by atoms with van der Waals surface area (Å²) in [6.07, 6.45) is 1.20. The number of carbonyl (C=O) groups is 1. The molecule has 102 valence electrons. The van der Waals surface area contributed by atoms with E-state index in [1.807, 2.05) is 13.0 Å². The van der Waals surface area contributed by atoms with Gasteiger partial charge in [-0.15, -0.1) is 11.3 Å². The number of hydrogen-bond donors (Lipinski definition) is 2. The van der Waals surface area contributed by atoms with Crippen LogP contribution in [0.4, 0.5) is 0 Å². The lowest BCUT2D eigenvalue weighted by molar-refractivity contribution is 0.0954. The van der Waals surface area contributed by atoms with Gasteiger partial charge in [0.05, 0.1) is 16.3 Å². The monoisotopic (exact) mass is 276 g/mol. The third-order valence-electron chi connectivity index (χ3n) is 3.67. The molecule has 19 heavy (non-hydrogen) atoms. The molecule has 1 fully saturated rings. The molecular formula is C15H20N2OS. The topological polar surface area (TPSA) is 55.1 Å². The number of aryl methyl sites for hydroxylation is 1. The van der Waals surface area contributed by atoms with Gasteiger partial charge in [0, 0.05) is 6.54 Å². The van der Waals surface area contributed by atoms with Crippen LogP contribution in [0.1, 0.15) is 40.4 Å². The molecule has 2 rings (SSSR count). The van der Waals surface area contributed by atoms with Gasteiger partial charge in [-0.2, -0.15) is 0 Å². The van der Waals surface area contributed by atoms with Crippen molar-refractivity contribution < 1.29 is 4.79 Å². The molecule has 0 aliphatic heterocycles. The fourth-order valence-corrected chi connectivity index (χ4v) is 3.04. The van der Waals surface area contributed by atoms with E-state index < -0.39 is 0 Å². The summed E-state index contributed by atoms with van der Waals surface area (Å²) in [6.45, 7) is 7.55. The fourth-order valence-electron chi connectivity index (χ4n) is 2.08. The Morgan fingerprint density at radius 3 is 2.89 bits per heavy atom. The van der Waals surface area contributed by atoms with Gasteiger partial charge < -0.3 is 11.1 Å². The zero-order valence-corrected chi connectivity index (χ0v) is 12.5. The molecule has 1 saturated carbocycles. The highest BCUT2D eigenvalue weighted by Crippen LogP contribution is 2.51. The summed E-state index contributed by atoms with van der Waals surface area (Å²) in [5.41, 5.74) is 6.80. The molecule has 1 aromatic heterocycles. The van der Waals surface area contributed by atoms with E-state index in [1.54, 1.807) is 0 Å². The second-order valence-electron chi connectivity index (χ2n) is 5.73. The first kappa shape index (κ1) is 14.1. The lowest BCUT2D eigenvalue weighted by atomic mass is 10.1. The first-order chi connectivity index (χ1) is 8.94. The summed E-state index contributed by atoms with van der Waals surface area (Å²) in [7, 11) is 0. The molecule has 0 aromatic carbocycles. The molecule has 0 saturated heterocycles. The van der Waals surface area contributed by atoms with Crippen molar-refractivity contribution in [1.29, 1.82) is 0 Å². The van der Waals surface area contributed by atoms with Crippen LogP contribution in [0, 0.1) is 30.1 Å². The minimum absolute atomic E-state index is 0.0107. The van der Waals surface area contributed by atoms with Gasteiger partial charge in [-0.05, 0) is 36.3 Å². The van der Waals surface area contributed by atoms with Crippen LogP contribution in [0.2, 0.25) is 0 Å². The van der Waals surface area contributed by atoms with Crippen LogP contribution in [0.15, 0.2) is 6.07 Å². The Morgan fingerprint density at radius 2 is 2.32 bits per heavy atom. The molecular weight excluding hydrogens is 256 g/mol. The van der Waals surface area contributed by atoms with Crippen molar-refractivity contribution in [2.75, 3.05) is 13.1 Å². The Balaban J connectivity index is 1.96.